The fourth-order valence-corrected chi connectivity index (χ4v) is 5.92. The molecule has 7 heteroatoms. The maximum Gasteiger partial charge on any atom is 0.264 e. The van der Waals surface area contributed by atoms with Gasteiger partial charge in [-0.2, -0.15) is 0 Å². The van der Waals surface area contributed by atoms with Gasteiger partial charge in [-0.15, -0.1) is 23.7 Å². The number of fused-ring (bicyclic) bond motifs is 2. The number of piperazine rings is 1. The van der Waals surface area contributed by atoms with E-state index in [4.69, 9.17) is 5.73 Å². The normalized spacial score (nSPS) is 30.6. The summed E-state index contributed by atoms with van der Waals surface area (Å²) in [6.45, 7) is 4.62. The van der Waals surface area contributed by atoms with Crippen molar-refractivity contribution in [1.82, 2.24) is 9.80 Å². The van der Waals surface area contributed by atoms with Gasteiger partial charge in [0.25, 0.3) is 5.91 Å². The molecule has 2 atom stereocenters. The third-order valence-electron chi connectivity index (χ3n) is 6.59. The van der Waals surface area contributed by atoms with Crippen LogP contribution in [0.2, 0.25) is 0 Å². The lowest BCUT2D eigenvalue weighted by Crippen LogP contribution is -2.54. The van der Waals surface area contributed by atoms with E-state index in [1.807, 2.05) is 28.9 Å². The predicted molar refractivity (Wildman–Crippen MR) is 110 cm³/mol. The third-order valence-corrected chi connectivity index (χ3v) is 7.58. The van der Waals surface area contributed by atoms with E-state index >= 15 is 0 Å². The summed E-state index contributed by atoms with van der Waals surface area (Å²) >= 11 is 1.55. The summed E-state index contributed by atoms with van der Waals surface area (Å²) in [5.74, 6) is 1.61. The first-order valence-electron chi connectivity index (χ1n) is 9.93. The number of nitrogens with zero attached hydrogens (tertiary/aromatic N) is 2. The van der Waals surface area contributed by atoms with Crippen LogP contribution in [0, 0.1) is 24.7 Å². The lowest BCUT2D eigenvalue weighted by Gasteiger charge is -2.45. The molecule has 1 aromatic heterocycles. The van der Waals surface area contributed by atoms with Crippen molar-refractivity contribution in [3.05, 3.63) is 21.9 Å². The maximum atomic E-state index is 13.0. The monoisotopic (exact) mass is 411 g/mol. The number of aryl methyl sites for hydroxylation is 1. The van der Waals surface area contributed by atoms with Gasteiger partial charge in [0, 0.05) is 43.0 Å². The highest BCUT2D eigenvalue weighted by Gasteiger charge is 2.42. The van der Waals surface area contributed by atoms with Crippen LogP contribution in [0.4, 0.5) is 0 Å². The maximum absolute atomic E-state index is 13.0. The molecule has 2 amide bonds. The molecule has 2 saturated carbocycles. The summed E-state index contributed by atoms with van der Waals surface area (Å²) in [6, 6.07) is 4.20. The number of halogens is 1. The second kappa shape index (κ2) is 8.50. The van der Waals surface area contributed by atoms with Gasteiger partial charge >= 0.3 is 0 Å². The van der Waals surface area contributed by atoms with Gasteiger partial charge in [-0.05, 0) is 56.6 Å². The van der Waals surface area contributed by atoms with Crippen LogP contribution in [0.5, 0.6) is 0 Å². The van der Waals surface area contributed by atoms with Crippen molar-refractivity contribution in [3.63, 3.8) is 0 Å². The van der Waals surface area contributed by atoms with Crippen molar-refractivity contribution in [2.75, 3.05) is 26.2 Å². The summed E-state index contributed by atoms with van der Waals surface area (Å²) < 4.78 is 0. The molecular formula is C20H30ClN3O2S. The minimum absolute atomic E-state index is 0. The summed E-state index contributed by atoms with van der Waals surface area (Å²) in [5, 5.41) is 0. The quantitative estimate of drug-likeness (QED) is 0.813. The number of hydrogen-bond donors (Lipinski definition) is 1. The second-order valence-corrected chi connectivity index (χ2v) is 9.51. The number of nitrogens with two attached hydrogens (primary N) is 1. The van der Waals surface area contributed by atoms with Crippen molar-refractivity contribution in [1.29, 1.82) is 0 Å². The average Bonchev–Trinajstić information content (AvgIpc) is 3.07. The van der Waals surface area contributed by atoms with E-state index in [2.05, 4.69) is 0 Å². The third kappa shape index (κ3) is 4.17. The summed E-state index contributed by atoms with van der Waals surface area (Å²) in [7, 11) is 0. The fraction of sp³-hybridized carbons (Fsp3) is 0.700. The number of hydrogen-bond acceptors (Lipinski definition) is 4. The van der Waals surface area contributed by atoms with Crippen LogP contribution in [0.1, 0.15) is 46.7 Å². The molecular weight excluding hydrogens is 382 g/mol. The average molecular weight is 412 g/mol. The lowest BCUT2D eigenvalue weighted by atomic mass is 9.65. The van der Waals surface area contributed by atoms with Crippen LogP contribution >= 0.6 is 23.7 Å². The zero-order chi connectivity index (χ0) is 18.3. The highest BCUT2D eigenvalue weighted by molar-refractivity contribution is 7.13. The zero-order valence-corrected chi connectivity index (χ0v) is 17.6. The van der Waals surface area contributed by atoms with Gasteiger partial charge in [0.05, 0.1) is 4.88 Å². The molecule has 2 heterocycles. The minimum atomic E-state index is 0. The number of rotatable bonds is 2. The van der Waals surface area contributed by atoms with Gasteiger partial charge in [0.2, 0.25) is 5.91 Å². The van der Waals surface area contributed by atoms with Crippen molar-refractivity contribution < 1.29 is 9.59 Å². The zero-order valence-electron chi connectivity index (χ0n) is 15.9. The van der Waals surface area contributed by atoms with Crippen LogP contribution in [0.3, 0.4) is 0 Å². The van der Waals surface area contributed by atoms with E-state index in [-0.39, 0.29) is 24.2 Å². The van der Waals surface area contributed by atoms with Crippen molar-refractivity contribution in [2.45, 2.75) is 45.1 Å². The molecule has 27 heavy (non-hydrogen) atoms. The number of carbonyl (C=O) groups excluding carboxylic acids is 2. The Bertz CT molecular complexity index is 673. The largest absolute Gasteiger partial charge is 0.339 e. The Kier molecular flexibility index (Phi) is 6.49. The second-order valence-electron chi connectivity index (χ2n) is 8.22. The molecule has 4 rings (SSSR count). The van der Waals surface area contributed by atoms with E-state index in [0.717, 1.165) is 22.6 Å². The first-order valence-corrected chi connectivity index (χ1v) is 10.7. The van der Waals surface area contributed by atoms with Gasteiger partial charge in [0.1, 0.15) is 0 Å². The van der Waals surface area contributed by atoms with Gasteiger partial charge < -0.3 is 15.5 Å². The van der Waals surface area contributed by atoms with Crippen molar-refractivity contribution in [2.24, 2.45) is 23.5 Å². The van der Waals surface area contributed by atoms with Gasteiger partial charge in [-0.3, -0.25) is 9.59 Å². The van der Waals surface area contributed by atoms with E-state index in [1.165, 1.54) is 19.3 Å². The van der Waals surface area contributed by atoms with Gasteiger partial charge in [-0.25, -0.2) is 0 Å². The number of carbonyl (C=O) groups is 2. The Balaban J connectivity index is 0.00000210. The fourth-order valence-electron chi connectivity index (χ4n) is 5.08. The van der Waals surface area contributed by atoms with E-state index in [0.29, 0.717) is 50.0 Å². The first kappa shape index (κ1) is 20.6. The molecule has 0 radical (unpaired) electrons. The molecule has 3 fully saturated rings. The van der Waals surface area contributed by atoms with Crippen LogP contribution in [0.25, 0.3) is 0 Å². The molecule has 1 aliphatic heterocycles. The molecule has 2 bridgehead atoms. The molecule has 0 aromatic carbocycles. The lowest BCUT2D eigenvalue weighted by molar-refractivity contribution is -0.140. The van der Waals surface area contributed by atoms with Crippen LogP contribution < -0.4 is 5.73 Å². The predicted octanol–water partition coefficient (Wildman–Crippen LogP) is 2.92. The van der Waals surface area contributed by atoms with Crippen LogP contribution in [-0.2, 0) is 4.79 Å². The van der Waals surface area contributed by atoms with E-state index in [1.54, 1.807) is 11.3 Å². The summed E-state index contributed by atoms with van der Waals surface area (Å²) in [5.41, 5.74) is 6.37. The standard InChI is InChI=1S/C20H29N3O2S.ClH/c1-13-5-6-17(26-13)20(25)23-9-7-22(8-10-23)19(24)16-11-14-3-2-4-15(12-16)18(14)21;/h5-6,14-16,18H,2-4,7-12,21H2,1H3;1H. The summed E-state index contributed by atoms with van der Waals surface area (Å²) in [6.07, 6.45) is 5.56. The topological polar surface area (TPSA) is 66.6 Å². The Hall–Kier alpha value is -1.11. The minimum Gasteiger partial charge on any atom is -0.339 e. The van der Waals surface area contributed by atoms with Crippen LogP contribution in [0.15, 0.2) is 12.1 Å². The highest BCUT2D eigenvalue weighted by atomic mass is 35.5. The Morgan fingerprint density at radius 2 is 1.63 bits per heavy atom. The molecule has 150 valence electrons. The first-order chi connectivity index (χ1) is 12.5. The smallest absolute Gasteiger partial charge is 0.264 e. The number of thiophene rings is 1. The molecule has 1 saturated heterocycles. The molecule has 3 aliphatic rings. The molecule has 2 aliphatic carbocycles. The van der Waals surface area contributed by atoms with Crippen LogP contribution in [-0.4, -0.2) is 53.8 Å². The number of amides is 2. The molecule has 2 N–H and O–H groups in total. The van der Waals surface area contributed by atoms with E-state index in [9.17, 15) is 9.59 Å². The molecule has 2 unspecified atom stereocenters. The Labute approximate surface area is 171 Å². The SMILES string of the molecule is Cc1ccc(C(=O)N2CCN(C(=O)C3CC4CCCC(C3)C4N)CC2)s1.Cl. The van der Waals surface area contributed by atoms with E-state index < -0.39 is 0 Å². The summed E-state index contributed by atoms with van der Waals surface area (Å²) in [4.78, 5) is 31.4. The Morgan fingerprint density at radius 3 is 2.19 bits per heavy atom. The Morgan fingerprint density at radius 1 is 1.04 bits per heavy atom. The van der Waals surface area contributed by atoms with Crippen molar-refractivity contribution in [3.8, 4) is 0 Å². The molecule has 1 aromatic rings. The van der Waals surface area contributed by atoms with Crippen molar-refractivity contribution >= 4 is 35.6 Å². The molecule has 0 spiro atoms. The van der Waals surface area contributed by atoms with Gasteiger partial charge in [0.15, 0.2) is 0 Å². The van der Waals surface area contributed by atoms with Gasteiger partial charge in [-0.1, -0.05) is 6.42 Å². The molecule has 5 nitrogen and oxygen atoms in total. The highest BCUT2D eigenvalue weighted by Crippen LogP contribution is 2.42.